The van der Waals surface area contributed by atoms with Crippen LogP contribution in [0, 0.1) is 0 Å². The second kappa shape index (κ2) is 8.88. The molecule has 0 aliphatic heterocycles. The van der Waals surface area contributed by atoms with Crippen LogP contribution >= 0.6 is 0 Å². The zero-order chi connectivity index (χ0) is 13.2. The Morgan fingerprint density at radius 2 is 1.67 bits per heavy atom. The van der Waals surface area contributed by atoms with Gasteiger partial charge < -0.3 is 25.0 Å². The number of hydrogen-bond acceptors (Lipinski definition) is 5. The number of aliphatic hydroxyl groups is 2. The van der Waals surface area contributed by atoms with Crippen LogP contribution in [0.1, 0.15) is 0 Å². The molecule has 2 atom stereocenters. The van der Waals surface area contributed by atoms with Gasteiger partial charge in [-0.3, -0.25) is 0 Å². The molecule has 0 saturated heterocycles. The van der Waals surface area contributed by atoms with Gasteiger partial charge in [0.05, 0.1) is 12.7 Å². The highest BCUT2D eigenvalue weighted by Crippen LogP contribution is 2.08. The molecule has 1 rings (SSSR count). The zero-order valence-corrected chi connectivity index (χ0v) is 10.6. The van der Waals surface area contributed by atoms with Crippen molar-refractivity contribution in [2.75, 3.05) is 33.4 Å². The summed E-state index contributed by atoms with van der Waals surface area (Å²) in [5.74, 6) is 0.732. The minimum Gasteiger partial charge on any atom is -0.491 e. The number of rotatable bonds is 9. The molecular weight excluding hydrogens is 234 g/mol. The molecular formula is C13H21NO4. The Labute approximate surface area is 107 Å². The maximum absolute atomic E-state index is 9.65. The Kier molecular flexibility index (Phi) is 7.36. The number of nitrogens with one attached hydrogen (secondary N) is 1. The lowest BCUT2D eigenvalue weighted by Gasteiger charge is -2.15. The monoisotopic (exact) mass is 255 g/mol. The molecule has 102 valence electrons. The number of ether oxygens (including phenoxy) is 2. The van der Waals surface area contributed by atoms with Crippen molar-refractivity contribution < 1.29 is 19.7 Å². The summed E-state index contributed by atoms with van der Waals surface area (Å²) >= 11 is 0. The lowest BCUT2D eigenvalue weighted by molar-refractivity contribution is 0.0582. The normalized spacial score (nSPS) is 14.2. The van der Waals surface area contributed by atoms with Crippen LogP contribution in [0.25, 0.3) is 0 Å². The van der Waals surface area contributed by atoms with Crippen molar-refractivity contribution in [3.8, 4) is 5.75 Å². The van der Waals surface area contributed by atoms with Gasteiger partial charge >= 0.3 is 0 Å². The van der Waals surface area contributed by atoms with E-state index in [1.165, 1.54) is 7.11 Å². The van der Waals surface area contributed by atoms with Crippen molar-refractivity contribution in [3.63, 3.8) is 0 Å². The molecule has 2 unspecified atom stereocenters. The summed E-state index contributed by atoms with van der Waals surface area (Å²) in [6.45, 7) is 1.25. The van der Waals surface area contributed by atoms with Gasteiger partial charge in [0.25, 0.3) is 0 Å². The van der Waals surface area contributed by atoms with E-state index >= 15 is 0 Å². The highest BCUT2D eigenvalue weighted by molar-refractivity contribution is 5.20. The van der Waals surface area contributed by atoms with Crippen LogP contribution in [-0.2, 0) is 4.74 Å². The zero-order valence-electron chi connectivity index (χ0n) is 10.6. The van der Waals surface area contributed by atoms with E-state index in [-0.39, 0.29) is 13.2 Å². The van der Waals surface area contributed by atoms with Gasteiger partial charge in [-0.05, 0) is 12.1 Å². The molecule has 0 fully saturated rings. The topological polar surface area (TPSA) is 71.0 Å². The molecule has 0 aromatic heterocycles. The maximum Gasteiger partial charge on any atom is 0.119 e. The molecule has 0 amide bonds. The number of benzene rings is 1. The summed E-state index contributed by atoms with van der Waals surface area (Å²) < 4.78 is 10.2. The van der Waals surface area contributed by atoms with E-state index in [4.69, 9.17) is 9.47 Å². The maximum atomic E-state index is 9.65. The van der Waals surface area contributed by atoms with Gasteiger partial charge in [0, 0.05) is 20.2 Å². The van der Waals surface area contributed by atoms with Crippen LogP contribution in [0.3, 0.4) is 0 Å². The highest BCUT2D eigenvalue weighted by atomic mass is 16.5. The standard InChI is InChI=1S/C13H21NO4/c1-17-9-11(15)7-14-8-12(16)10-18-13-5-3-2-4-6-13/h2-6,11-12,14-16H,7-10H2,1H3. The first-order valence-electron chi connectivity index (χ1n) is 5.96. The van der Waals surface area contributed by atoms with E-state index in [0.717, 1.165) is 5.75 Å². The third kappa shape index (κ3) is 6.56. The van der Waals surface area contributed by atoms with Gasteiger partial charge in [0.15, 0.2) is 0 Å². The minimum atomic E-state index is -0.611. The Balaban J connectivity index is 2.09. The molecule has 0 saturated carbocycles. The van der Waals surface area contributed by atoms with Crippen LogP contribution in [0.5, 0.6) is 5.75 Å². The van der Waals surface area contributed by atoms with E-state index in [9.17, 15) is 10.2 Å². The molecule has 1 aromatic rings. The second-order valence-corrected chi connectivity index (χ2v) is 4.05. The average Bonchev–Trinajstić information content (AvgIpc) is 2.38. The molecule has 1 aromatic carbocycles. The lowest BCUT2D eigenvalue weighted by atomic mass is 10.3. The van der Waals surface area contributed by atoms with Crippen LogP contribution in [0.2, 0.25) is 0 Å². The smallest absolute Gasteiger partial charge is 0.119 e. The fourth-order valence-electron chi connectivity index (χ4n) is 1.44. The van der Waals surface area contributed by atoms with Crippen molar-refractivity contribution in [2.45, 2.75) is 12.2 Å². The summed E-state index contributed by atoms with van der Waals surface area (Å²) in [6, 6.07) is 9.33. The quantitative estimate of drug-likeness (QED) is 0.580. The first kappa shape index (κ1) is 14.9. The molecule has 0 radical (unpaired) electrons. The van der Waals surface area contributed by atoms with Gasteiger partial charge in [-0.2, -0.15) is 0 Å². The molecule has 0 heterocycles. The van der Waals surface area contributed by atoms with Gasteiger partial charge in [-0.25, -0.2) is 0 Å². The highest BCUT2D eigenvalue weighted by Gasteiger charge is 2.07. The number of hydrogen-bond donors (Lipinski definition) is 3. The summed E-state index contributed by atoms with van der Waals surface area (Å²) in [4.78, 5) is 0. The lowest BCUT2D eigenvalue weighted by Crippen LogP contribution is -2.37. The Morgan fingerprint density at radius 3 is 2.28 bits per heavy atom. The number of aliphatic hydroxyl groups excluding tert-OH is 2. The van der Waals surface area contributed by atoms with Crippen molar-refractivity contribution in [2.24, 2.45) is 0 Å². The summed E-state index contributed by atoms with van der Waals surface area (Å²) in [5.41, 5.74) is 0. The van der Waals surface area contributed by atoms with E-state index in [0.29, 0.717) is 13.1 Å². The minimum absolute atomic E-state index is 0.220. The summed E-state index contributed by atoms with van der Waals surface area (Å²) in [5, 5.41) is 22.0. The van der Waals surface area contributed by atoms with Crippen molar-refractivity contribution in [1.29, 1.82) is 0 Å². The van der Waals surface area contributed by atoms with Gasteiger partial charge in [0.2, 0.25) is 0 Å². The molecule has 5 nitrogen and oxygen atoms in total. The SMILES string of the molecule is COCC(O)CNCC(O)COc1ccccc1. The van der Waals surface area contributed by atoms with Crippen molar-refractivity contribution in [3.05, 3.63) is 30.3 Å². The second-order valence-electron chi connectivity index (χ2n) is 4.05. The molecule has 0 spiro atoms. The molecule has 3 N–H and O–H groups in total. The predicted octanol–water partition coefficient (Wildman–Crippen LogP) is 0.0232. The first-order chi connectivity index (χ1) is 8.72. The van der Waals surface area contributed by atoms with Gasteiger partial charge in [0.1, 0.15) is 18.5 Å². The van der Waals surface area contributed by atoms with E-state index in [1.54, 1.807) is 0 Å². The Bertz CT molecular complexity index is 307. The molecule has 0 aliphatic carbocycles. The first-order valence-corrected chi connectivity index (χ1v) is 5.96. The van der Waals surface area contributed by atoms with Gasteiger partial charge in [-0.1, -0.05) is 18.2 Å². The molecule has 0 aliphatic rings. The van der Waals surface area contributed by atoms with Crippen LogP contribution < -0.4 is 10.1 Å². The third-order valence-corrected chi connectivity index (χ3v) is 2.30. The molecule has 5 heteroatoms. The van der Waals surface area contributed by atoms with Crippen molar-refractivity contribution in [1.82, 2.24) is 5.32 Å². The number of methoxy groups -OCH3 is 1. The number of para-hydroxylation sites is 1. The van der Waals surface area contributed by atoms with E-state index in [2.05, 4.69) is 5.32 Å². The molecule has 0 bridgehead atoms. The van der Waals surface area contributed by atoms with Crippen LogP contribution in [0.4, 0.5) is 0 Å². The third-order valence-electron chi connectivity index (χ3n) is 2.30. The van der Waals surface area contributed by atoms with Crippen LogP contribution in [0.15, 0.2) is 30.3 Å². The van der Waals surface area contributed by atoms with Crippen LogP contribution in [-0.4, -0.2) is 55.8 Å². The Morgan fingerprint density at radius 1 is 1.06 bits per heavy atom. The van der Waals surface area contributed by atoms with Crippen molar-refractivity contribution >= 4 is 0 Å². The average molecular weight is 255 g/mol. The fourth-order valence-corrected chi connectivity index (χ4v) is 1.44. The predicted molar refractivity (Wildman–Crippen MR) is 68.7 cm³/mol. The fraction of sp³-hybridized carbons (Fsp3) is 0.538. The van der Waals surface area contributed by atoms with Gasteiger partial charge in [-0.15, -0.1) is 0 Å². The van der Waals surface area contributed by atoms with E-state index < -0.39 is 12.2 Å². The largest absolute Gasteiger partial charge is 0.491 e. The summed E-state index contributed by atoms with van der Waals surface area (Å²) in [6.07, 6.45) is -1.17. The molecule has 18 heavy (non-hydrogen) atoms. The Hall–Kier alpha value is -1.14. The summed E-state index contributed by atoms with van der Waals surface area (Å²) in [7, 11) is 1.53. The van der Waals surface area contributed by atoms with E-state index in [1.807, 2.05) is 30.3 Å².